The number of carboxylic acid groups (broad SMARTS) is 1. The number of carboxylic acids is 1. The van der Waals surface area contributed by atoms with Gasteiger partial charge in [-0.3, -0.25) is 9.69 Å². The van der Waals surface area contributed by atoms with E-state index in [-0.39, 0.29) is 0 Å². The lowest BCUT2D eigenvalue weighted by Crippen LogP contribution is -2.47. The van der Waals surface area contributed by atoms with Crippen LogP contribution in [-0.2, 0) is 11.3 Å². The largest absolute Gasteiger partial charge is 0.481 e. The number of carbonyl (C=O) groups is 1. The number of piperidine rings is 1. The first-order valence-corrected chi connectivity index (χ1v) is 7.49. The smallest absolute Gasteiger partial charge is 0.310 e. The zero-order valence-corrected chi connectivity index (χ0v) is 12.8. The minimum Gasteiger partial charge on any atom is -0.481 e. The van der Waals surface area contributed by atoms with Crippen molar-refractivity contribution in [2.45, 2.75) is 46.6 Å². The van der Waals surface area contributed by atoms with Gasteiger partial charge in [-0.15, -0.1) is 0 Å². The Kier molecular flexibility index (Phi) is 4.48. The summed E-state index contributed by atoms with van der Waals surface area (Å²) < 4.78 is 0. The lowest BCUT2D eigenvalue weighted by atomic mass is 9.77. The topological polar surface area (TPSA) is 40.5 Å². The zero-order valence-electron chi connectivity index (χ0n) is 12.8. The maximum atomic E-state index is 11.6. The molecule has 2 rings (SSSR count). The van der Waals surface area contributed by atoms with Gasteiger partial charge < -0.3 is 5.11 Å². The van der Waals surface area contributed by atoms with Crippen molar-refractivity contribution in [3.63, 3.8) is 0 Å². The highest BCUT2D eigenvalue weighted by Crippen LogP contribution is 2.34. The van der Waals surface area contributed by atoms with Crippen LogP contribution in [-0.4, -0.2) is 29.1 Å². The second-order valence-electron chi connectivity index (χ2n) is 6.12. The van der Waals surface area contributed by atoms with Crippen LogP contribution in [0.3, 0.4) is 0 Å². The molecule has 20 heavy (non-hydrogen) atoms. The number of benzene rings is 1. The van der Waals surface area contributed by atoms with E-state index in [9.17, 15) is 9.90 Å². The van der Waals surface area contributed by atoms with E-state index in [0.717, 1.165) is 25.9 Å². The van der Waals surface area contributed by atoms with Gasteiger partial charge in [0.1, 0.15) is 0 Å². The maximum Gasteiger partial charge on any atom is 0.310 e. The van der Waals surface area contributed by atoms with Gasteiger partial charge in [0.2, 0.25) is 0 Å². The van der Waals surface area contributed by atoms with Gasteiger partial charge in [-0.2, -0.15) is 0 Å². The first-order valence-electron chi connectivity index (χ1n) is 7.49. The summed E-state index contributed by atoms with van der Waals surface area (Å²) in [6.45, 7) is 8.81. The molecule has 1 heterocycles. The first-order chi connectivity index (χ1) is 9.48. The number of hydrogen-bond donors (Lipinski definition) is 1. The lowest BCUT2D eigenvalue weighted by molar-refractivity contribution is -0.153. The average Bonchev–Trinajstić information content (AvgIpc) is 2.43. The normalized spacial score (nSPS) is 23.8. The predicted octanol–water partition coefficient (Wildman–Crippen LogP) is 3.38. The van der Waals surface area contributed by atoms with E-state index in [1.54, 1.807) is 0 Å². The molecule has 0 aliphatic carbocycles. The molecular weight excluding hydrogens is 250 g/mol. The molecule has 3 heteroatoms. The molecule has 1 unspecified atom stereocenters. The molecule has 0 amide bonds. The van der Waals surface area contributed by atoms with Crippen LogP contribution in [0.15, 0.2) is 18.2 Å². The molecule has 0 bridgehead atoms. The molecule has 1 aliphatic heterocycles. The molecule has 1 aromatic rings. The highest BCUT2D eigenvalue weighted by Gasteiger charge is 2.40. The summed E-state index contributed by atoms with van der Waals surface area (Å²) in [4.78, 5) is 13.9. The van der Waals surface area contributed by atoms with E-state index in [1.807, 2.05) is 6.92 Å². The van der Waals surface area contributed by atoms with Crippen LogP contribution in [0, 0.1) is 19.3 Å². The molecule has 1 aliphatic rings. The third kappa shape index (κ3) is 2.88. The number of nitrogens with zero attached hydrogens (tertiary/aromatic N) is 1. The zero-order chi connectivity index (χ0) is 14.8. The summed E-state index contributed by atoms with van der Waals surface area (Å²) in [7, 11) is 0. The molecule has 1 atom stereocenters. The Morgan fingerprint density at radius 1 is 1.35 bits per heavy atom. The number of likely N-dealkylation sites (tertiary alicyclic amines) is 1. The van der Waals surface area contributed by atoms with Crippen molar-refractivity contribution in [3.05, 3.63) is 34.9 Å². The number of rotatable bonds is 4. The number of aliphatic carboxylic acids is 1. The lowest BCUT2D eigenvalue weighted by Gasteiger charge is -2.39. The molecule has 1 N–H and O–H groups in total. The summed E-state index contributed by atoms with van der Waals surface area (Å²) >= 11 is 0. The molecule has 0 saturated carbocycles. The van der Waals surface area contributed by atoms with Gasteiger partial charge in [-0.05, 0) is 56.3 Å². The third-order valence-electron chi connectivity index (χ3n) is 4.81. The molecule has 1 fully saturated rings. The van der Waals surface area contributed by atoms with Gasteiger partial charge >= 0.3 is 5.97 Å². The van der Waals surface area contributed by atoms with E-state index in [0.29, 0.717) is 13.0 Å². The van der Waals surface area contributed by atoms with Crippen molar-refractivity contribution in [2.75, 3.05) is 13.1 Å². The molecular formula is C17H25NO2. The van der Waals surface area contributed by atoms with E-state index >= 15 is 0 Å². The van der Waals surface area contributed by atoms with Gasteiger partial charge in [0, 0.05) is 13.1 Å². The van der Waals surface area contributed by atoms with Crippen molar-refractivity contribution >= 4 is 5.97 Å². The average molecular weight is 275 g/mol. The van der Waals surface area contributed by atoms with Crippen molar-refractivity contribution in [2.24, 2.45) is 5.41 Å². The Morgan fingerprint density at radius 3 is 2.55 bits per heavy atom. The Hall–Kier alpha value is -1.35. The monoisotopic (exact) mass is 275 g/mol. The van der Waals surface area contributed by atoms with Gasteiger partial charge in [0.05, 0.1) is 5.41 Å². The van der Waals surface area contributed by atoms with Gasteiger partial charge in [-0.1, -0.05) is 25.1 Å². The van der Waals surface area contributed by atoms with Gasteiger partial charge in [0.15, 0.2) is 0 Å². The van der Waals surface area contributed by atoms with Crippen molar-refractivity contribution in [1.82, 2.24) is 4.90 Å². The second kappa shape index (κ2) is 5.96. The van der Waals surface area contributed by atoms with Crippen LogP contribution < -0.4 is 0 Å². The van der Waals surface area contributed by atoms with E-state index in [2.05, 4.69) is 36.9 Å². The highest BCUT2D eigenvalue weighted by atomic mass is 16.4. The van der Waals surface area contributed by atoms with Crippen LogP contribution in [0.5, 0.6) is 0 Å². The summed E-state index contributed by atoms with van der Waals surface area (Å²) in [5.74, 6) is -0.633. The maximum absolute atomic E-state index is 11.6. The van der Waals surface area contributed by atoms with E-state index in [1.165, 1.54) is 16.7 Å². The van der Waals surface area contributed by atoms with Crippen LogP contribution >= 0.6 is 0 Å². The minimum atomic E-state index is -0.633. The third-order valence-corrected chi connectivity index (χ3v) is 4.81. The Bertz CT molecular complexity index is 478. The van der Waals surface area contributed by atoms with Gasteiger partial charge in [-0.25, -0.2) is 0 Å². The predicted molar refractivity (Wildman–Crippen MR) is 80.8 cm³/mol. The fourth-order valence-electron chi connectivity index (χ4n) is 3.30. The fourth-order valence-corrected chi connectivity index (χ4v) is 3.30. The standard InChI is InChI=1S/C17H25NO2/c1-4-17(16(19)20)9-6-10-18(12-17)11-15-13(2)7-5-8-14(15)3/h5,7-8H,4,6,9-12H2,1-3H3,(H,19,20). The van der Waals surface area contributed by atoms with Crippen molar-refractivity contribution in [1.29, 1.82) is 0 Å². The van der Waals surface area contributed by atoms with E-state index < -0.39 is 11.4 Å². The van der Waals surface area contributed by atoms with Crippen LogP contribution in [0.25, 0.3) is 0 Å². The molecule has 0 radical (unpaired) electrons. The summed E-state index contributed by atoms with van der Waals surface area (Å²) in [5.41, 5.74) is 3.40. The quantitative estimate of drug-likeness (QED) is 0.915. The Balaban J connectivity index is 2.16. The highest BCUT2D eigenvalue weighted by molar-refractivity contribution is 5.75. The van der Waals surface area contributed by atoms with E-state index in [4.69, 9.17) is 0 Å². The van der Waals surface area contributed by atoms with Crippen LogP contribution in [0.1, 0.15) is 42.9 Å². The van der Waals surface area contributed by atoms with Crippen LogP contribution in [0.2, 0.25) is 0 Å². The summed E-state index contributed by atoms with van der Waals surface area (Å²) in [6, 6.07) is 6.35. The fraction of sp³-hybridized carbons (Fsp3) is 0.588. The number of hydrogen-bond acceptors (Lipinski definition) is 2. The molecule has 3 nitrogen and oxygen atoms in total. The molecule has 0 spiro atoms. The number of aryl methyl sites for hydroxylation is 2. The first kappa shape index (κ1) is 15.0. The van der Waals surface area contributed by atoms with Gasteiger partial charge in [0.25, 0.3) is 0 Å². The SMILES string of the molecule is CCC1(C(=O)O)CCCN(Cc2c(C)cccc2C)C1. The van der Waals surface area contributed by atoms with Crippen molar-refractivity contribution in [3.8, 4) is 0 Å². The molecule has 1 saturated heterocycles. The van der Waals surface area contributed by atoms with Crippen LogP contribution in [0.4, 0.5) is 0 Å². The Labute approximate surface area is 121 Å². The summed E-state index contributed by atoms with van der Waals surface area (Å²) in [6.07, 6.45) is 2.50. The molecule has 1 aromatic carbocycles. The van der Waals surface area contributed by atoms with Crippen molar-refractivity contribution < 1.29 is 9.90 Å². The summed E-state index contributed by atoms with van der Waals surface area (Å²) in [5, 5.41) is 9.56. The second-order valence-corrected chi connectivity index (χ2v) is 6.12. The Morgan fingerprint density at radius 2 is 2.00 bits per heavy atom. The minimum absolute atomic E-state index is 0.547. The molecule has 0 aromatic heterocycles. The molecule has 110 valence electrons.